The van der Waals surface area contributed by atoms with Crippen LogP contribution in [0.1, 0.15) is 17.0 Å². The van der Waals surface area contributed by atoms with Crippen LogP contribution in [0, 0.1) is 11.3 Å². The number of carbonyl (C=O) groups excluding carboxylic acids is 2. The molecule has 8 nitrogen and oxygen atoms in total. The number of allylic oxidation sites excluding steroid dienone is 1. The molecule has 2 aliphatic rings. The van der Waals surface area contributed by atoms with Crippen LogP contribution in [0.4, 0.5) is 0 Å². The maximum absolute atomic E-state index is 13.0. The fourth-order valence-electron chi connectivity index (χ4n) is 3.38. The molecule has 30 heavy (non-hydrogen) atoms. The number of pyridine rings is 2. The highest BCUT2D eigenvalue weighted by Crippen LogP contribution is 2.49. The molecule has 4 heterocycles. The summed E-state index contributed by atoms with van der Waals surface area (Å²) in [6.45, 7) is 0. The Bertz CT molecular complexity index is 1170. The molecule has 9 heteroatoms. The number of aromatic nitrogens is 2. The Morgan fingerprint density at radius 1 is 1.20 bits per heavy atom. The Hall–Kier alpha value is -3.90. The van der Waals surface area contributed by atoms with Gasteiger partial charge in [0.25, 0.3) is 5.91 Å². The van der Waals surface area contributed by atoms with Gasteiger partial charge in [0, 0.05) is 35.8 Å². The molecule has 0 saturated heterocycles. The van der Waals surface area contributed by atoms with Crippen LogP contribution in [0.5, 0.6) is 0 Å². The molecule has 0 aromatic carbocycles. The maximum Gasteiger partial charge on any atom is 0.337 e. The van der Waals surface area contributed by atoms with Crippen molar-refractivity contribution in [2.24, 2.45) is 5.73 Å². The van der Waals surface area contributed by atoms with Crippen molar-refractivity contribution in [1.29, 1.82) is 5.26 Å². The highest BCUT2D eigenvalue weighted by Gasteiger charge is 2.43. The van der Waals surface area contributed by atoms with Crippen molar-refractivity contribution in [3.8, 4) is 6.07 Å². The second-order valence-corrected chi connectivity index (χ2v) is 7.39. The van der Waals surface area contributed by atoms with Crippen molar-refractivity contribution < 1.29 is 14.3 Å². The summed E-state index contributed by atoms with van der Waals surface area (Å²) in [5.74, 6) is -1.89. The minimum atomic E-state index is -0.784. The van der Waals surface area contributed by atoms with Gasteiger partial charge in [0.05, 0.1) is 30.2 Å². The van der Waals surface area contributed by atoms with Gasteiger partial charge in [0.15, 0.2) is 0 Å². The van der Waals surface area contributed by atoms with Gasteiger partial charge in [0.1, 0.15) is 10.9 Å². The number of amides is 1. The summed E-state index contributed by atoms with van der Waals surface area (Å²) in [5, 5.41) is 10.1. The second kappa shape index (κ2) is 7.85. The molecule has 2 N–H and O–H groups in total. The fraction of sp³-hybridized carbons (Fsp3) is 0.0952. The first kappa shape index (κ1) is 19.4. The molecule has 1 atom stereocenters. The highest BCUT2D eigenvalue weighted by molar-refractivity contribution is 8.11. The van der Waals surface area contributed by atoms with E-state index in [0.717, 1.165) is 5.56 Å². The smallest absolute Gasteiger partial charge is 0.337 e. The average Bonchev–Trinajstić information content (AvgIpc) is 2.79. The SMILES string of the molecule is COC(=O)C1=C2SC(c3ccncc3)=CC(=O)N2C(N)=C(C#N)C1c1ccncc1. The number of nitrogens with two attached hydrogens (primary N) is 1. The van der Waals surface area contributed by atoms with Gasteiger partial charge in [0.2, 0.25) is 0 Å². The predicted octanol–water partition coefficient (Wildman–Crippen LogP) is 2.27. The second-order valence-electron chi connectivity index (χ2n) is 6.35. The van der Waals surface area contributed by atoms with Crippen molar-refractivity contribution in [3.05, 3.63) is 88.3 Å². The third-order valence-corrected chi connectivity index (χ3v) is 5.91. The molecule has 0 aliphatic carbocycles. The van der Waals surface area contributed by atoms with Crippen LogP contribution in [-0.4, -0.2) is 33.9 Å². The van der Waals surface area contributed by atoms with E-state index in [4.69, 9.17) is 10.5 Å². The number of rotatable bonds is 3. The van der Waals surface area contributed by atoms with E-state index in [1.54, 1.807) is 49.1 Å². The van der Waals surface area contributed by atoms with Gasteiger partial charge in [-0.3, -0.25) is 19.7 Å². The lowest BCUT2D eigenvalue weighted by molar-refractivity contribution is -0.136. The predicted molar refractivity (Wildman–Crippen MR) is 109 cm³/mol. The zero-order valence-electron chi connectivity index (χ0n) is 15.8. The zero-order valence-corrected chi connectivity index (χ0v) is 16.6. The summed E-state index contributed by atoms with van der Waals surface area (Å²) in [4.78, 5) is 35.7. The van der Waals surface area contributed by atoms with Gasteiger partial charge < -0.3 is 10.5 Å². The first-order valence-corrected chi connectivity index (χ1v) is 9.64. The van der Waals surface area contributed by atoms with E-state index in [-0.39, 0.29) is 17.0 Å². The van der Waals surface area contributed by atoms with E-state index in [9.17, 15) is 14.9 Å². The van der Waals surface area contributed by atoms with Gasteiger partial charge in [-0.15, -0.1) is 0 Å². The molecule has 148 valence electrons. The van der Waals surface area contributed by atoms with E-state index in [1.165, 1.54) is 29.8 Å². The van der Waals surface area contributed by atoms with Crippen molar-refractivity contribution in [3.63, 3.8) is 0 Å². The molecule has 0 saturated carbocycles. The third kappa shape index (κ3) is 3.13. The number of carbonyl (C=O) groups is 2. The molecule has 4 rings (SSSR count). The van der Waals surface area contributed by atoms with Gasteiger partial charge in [-0.2, -0.15) is 5.26 Å². The normalized spacial score (nSPS) is 18.5. The number of fused-ring (bicyclic) bond motifs is 1. The van der Waals surface area contributed by atoms with Gasteiger partial charge in [-0.1, -0.05) is 11.8 Å². The van der Waals surface area contributed by atoms with Crippen LogP contribution >= 0.6 is 11.8 Å². The average molecular weight is 417 g/mol. The zero-order chi connectivity index (χ0) is 21.3. The van der Waals surface area contributed by atoms with Crippen molar-refractivity contribution >= 4 is 28.5 Å². The molecule has 0 bridgehead atoms. The Morgan fingerprint density at radius 3 is 2.43 bits per heavy atom. The lowest BCUT2D eigenvalue weighted by Gasteiger charge is -2.37. The molecule has 0 fully saturated rings. The lowest BCUT2D eigenvalue weighted by atomic mass is 9.83. The minimum absolute atomic E-state index is 0.00973. The molecule has 0 radical (unpaired) electrons. The van der Waals surface area contributed by atoms with E-state index >= 15 is 0 Å². The van der Waals surface area contributed by atoms with Crippen LogP contribution in [0.3, 0.4) is 0 Å². The minimum Gasteiger partial charge on any atom is -0.466 e. The molecular formula is C21H15N5O3S. The molecule has 0 spiro atoms. The third-order valence-electron chi connectivity index (χ3n) is 4.74. The lowest BCUT2D eigenvalue weighted by Crippen LogP contribution is -2.40. The molecule has 2 aliphatic heterocycles. The monoisotopic (exact) mass is 417 g/mol. The van der Waals surface area contributed by atoms with Crippen molar-refractivity contribution in [2.75, 3.05) is 7.11 Å². The number of esters is 1. The number of hydrogen-bond acceptors (Lipinski definition) is 8. The number of hydrogen-bond donors (Lipinski definition) is 1. The summed E-state index contributed by atoms with van der Waals surface area (Å²) >= 11 is 1.22. The maximum atomic E-state index is 13.0. The van der Waals surface area contributed by atoms with Crippen LogP contribution in [0.2, 0.25) is 0 Å². The molecule has 1 unspecified atom stereocenters. The number of nitriles is 1. The summed E-state index contributed by atoms with van der Waals surface area (Å²) < 4.78 is 5.03. The summed E-state index contributed by atoms with van der Waals surface area (Å²) in [6.07, 6.45) is 7.78. The van der Waals surface area contributed by atoms with Crippen molar-refractivity contribution in [1.82, 2.24) is 14.9 Å². The summed E-state index contributed by atoms with van der Waals surface area (Å²) in [5.41, 5.74) is 7.94. The highest BCUT2D eigenvalue weighted by atomic mass is 32.2. The Labute approximate surface area is 176 Å². The van der Waals surface area contributed by atoms with E-state index in [2.05, 4.69) is 16.0 Å². The van der Waals surface area contributed by atoms with Crippen molar-refractivity contribution in [2.45, 2.75) is 5.92 Å². The topological polar surface area (TPSA) is 122 Å². The fourth-order valence-corrected chi connectivity index (χ4v) is 4.59. The van der Waals surface area contributed by atoms with Gasteiger partial charge in [-0.05, 0) is 35.4 Å². The molecule has 2 aromatic rings. The summed E-state index contributed by atoms with van der Waals surface area (Å²) in [6, 6.07) is 9.00. The summed E-state index contributed by atoms with van der Waals surface area (Å²) in [7, 11) is 1.26. The largest absolute Gasteiger partial charge is 0.466 e. The van der Waals surface area contributed by atoms with Crippen LogP contribution < -0.4 is 5.73 Å². The molecule has 1 amide bonds. The molecular weight excluding hydrogens is 402 g/mol. The van der Waals surface area contributed by atoms with E-state index in [1.807, 2.05) is 0 Å². The number of thioether (sulfide) groups is 1. The van der Waals surface area contributed by atoms with Crippen LogP contribution in [0.25, 0.3) is 4.91 Å². The van der Waals surface area contributed by atoms with E-state index in [0.29, 0.717) is 15.5 Å². The number of nitrogens with zero attached hydrogens (tertiary/aromatic N) is 4. The van der Waals surface area contributed by atoms with E-state index < -0.39 is 17.8 Å². The van der Waals surface area contributed by atoms with Crippen LogP contribution in [0.15, 0.2) is 77.1 Å². The van der Waals surface area contributed by atoms with Gasteiger partial charge >= 0.3 is 5.97 Å². The quantitative estimate of drug-likeness (QED) is 0.755. The number of ether oxygens (including phenoxy) is 1. The first-order valence-electron chi connectivity index (χ1n) is 8.83. The Morgan fingerprint density at radius 2 is 1.83 bits per heavy atom. The first-order chi connectivity index (χ1) is 14.6. The van der Waals surface area contributed by atoms with Crippen LogP contribution in [-0.2, 0) is 14.3 Å². The molecule has 2 aromatic heterocycles. The standard InChI is InChI=1S/C21H15N5O3S/c1-29-21(28)18-17(13-4-8-25-9-5-13)14(11-22)19(23)26-16(27)10-15(30-20(18)26)12-2-6-24-7-3-12/h2-10,17H,23H2,1H3. The Kier molecular flexibility index (Phi) is 5.08. The van der Waals surface area contributed by atoms with Gasteiger partial charge in [-0.25, -0.2) is 4.79 Å². The Balaban J connectivity index is 1.97. The number of methoxy groups -OCH3 is 1.